The Bertz CT molecular complexity index is 396. The molecule has 1 aliphatic heterocycles. The van der Waals surface area contributed by atoms with E-state index < -0.39 is 0 Å². The van der Waals surface area contributed by atoms with Crippen LogP contribution in [0.25, 0.3) is 0 Å². The molecule has 1 aromatic heterocycles. The maximum atomic E-state index is 5.68. The maximum Gasteiger partial charge on any atom is 0.146 e. The summed E-state index contributed by atoms with van der Waals surface area (Å²) >= 11 is 3.34. The monoisotopic (exact) mass is 302 g/mol. The van der Waals surface area contributed by atoms with Crippen molar-refractivity contribution in [2.45, 2.75) is 12.0 Å². The Morgan fingerprint density at radius 3 is 3.12 bits per heavy atom. The van der Waals surface area contributed by atoms with Gasteiger partial charge in [0.2, 0.25) is 0 Å². The molecule has 1 aromatic rings. The largest absolute Gasteiger partial charge is 0.383 e. The van der Waals surface area contributed by atoms with E-state index in [9.17, 15) is 0 Å². The van der Waals surface area contributed by atoms with Crippen molar-refractivity contribution >= 4 is 27.6 Å². The lowest BCUT2D eigenvalue weighted by Gasteiger charge is -2.26. The first-order valence-corrected chi connectivity index (χ1v) is 6.09. The lowest BCUT2D eigenvalue weighted by atomic mass is 10.0. The zero-order chi connectivity index (χ0) is 12.3. The fourth-order valence-electron chi connectivity index (χ4n) is 1.71. The molecule has 1 atom stereocenters. The average molecular weight is 303 g/mol. The van der Waals surface area contributed by atoms with Gasteiger partial charge in [0.1, 0.15) is 28.0 Å². The van der Waals surface area contributed by atoms with Crippen LogP contribution >= 0.6 is 15.9 Å². The minimum absolute atomic E-state index is 0.279. The Morgan fingerprint density at radius 2 is 2.47 bits per heavy atom. The van der Waals surface area contributed by atoms with Gasteiger partial charge in [-0.05, 0) is 15.9 Å². The van der Waals surface area contributed by atoms with Crippen molar-refractivity contribution in [3.8, 4) is 0 Å². The molecule has 17 heavy (non-hydrogen) atoms. The Kier molecular flexibility index (Phi) is 3.80. The van der Waals surface area contributed by atoms with Gasteiger partial charge in [0.25, 0.3) is 0 Å². The summed E-state index contributed by atoms with van der Waals surface area (Å²) < 4.78 is 11.5. The van der Waals surface area contributed by atoms with E-state index in [4.69, 9.17) is 15.2 Å². The summed E-state index contributed by atoms with van der Waals surface area (Å²) in [5.74, 6) is 1.08. The van der Waals surface area contributed by atoms with Crippen LogP contribution in [-0.4, -0.2) is 42.4 Å². The van der Waals surface area contributed by atoms with Gasteiger partial charge < -0.3 is 20.5 Å². The van der Waals surface area contributed by atoms with Crippen LogP contribution in [0.2, 0.25) is 0 Å². The van der Waals surface area contributed by atoms with Gasteiger partial charge >= 0.3 is 0 Å². The number of nitrogens with two attached hydrogens (primary N) is 1. The molecule has 0 aliphatic carbocycles. The van der Waals surface area contributed by atoms with E-state index in [2.05, 4.69) is 31.2 Å². The second kappa shape index (κ2) is 5.16. The minimum Gasteiger partial charge on any atom is -0.383 e. The van der Waals surface area contributed by atoms with E-state index >= 15 is 0 Å². The highest BCUT2D eigenvalue weighted by Crippen LogP contribution is 2.27. The molecule has 0 spiro atoms. The van der Waals surface area contributed by atoms with Gasteiger partial charge in [0.05, 0.1) is 6.61 Å². The van der Waals surface area contributed by atoms with Gasteiger partial charge in [0.15, 0.2) is 0 Å². The highest BCUT2D eigenvalue weighted by atomic mass is 79.9. The molecule has 7 heteroatoms. The molecule has 1 saturated heterocycles. The van der Waals surface area contributed by atoms with Crippen molar-refractivity contribution in [2.75, 3.05) is 37.9 Å². The Labute approximate surface area is 108 Å². The topological polar surface area (TPSA) is 82.3 Å². The van der Waals surface area contributed by atoms with Crippen molar-refractivity contribution < 1.29 is 9.47 Å². The van der Waals surface area contributed by atoms with E-state index in [1.807, 2.05) is 0 Å². The zero-order valence-corrected chi connectivity index (χ0v) is 11.2. The van der Waals surface area contributed by atoms with Crippen LogP contribution in [-0.2, 0) is 9.47 Å². The van der Waals surface area contributed by atoms with E-state index in [1.165, 1.54) is 6.33 Å². The van der Waals surface area contributed by atoms with Crippen LogP contribution in [0, 0.1) is 0 Å². The van der Waals surface area contributed by atoms with Crippen LogP contribution in [0.15, 0.2) is 10.8 Å². The van der Waals surface area contributed by atoms with Crippen molar-refractivity contribution in [2.24, 2.45) is 0 Å². The lowest BCUT2D eigenvalue weighted by molar-refractivity contribution is -0.00626. The van der Waals surface area contributed by atoms with E-state index in [0.29, 0.717) is 29.3 Å². The van der Waals surface area contributed by atoms with E-state index in [-0.39, 0.29) is 5.60 Å². The molecule has 2 rings (SSSR count). The molecular formula is C10H15BrN4O2. The number of hydrogen-bond acceptors (Lipinski definition) is 6. The highest BCUT2D eigenvalue weighted by Gasteiger charge is 2.34. The Morgan fingerprint density at radius 1 is 1.65 bits per heavy atom. The summed E-state index contributed by atoms with van der Waals surface area (Å²) in [6.45, 7) is 1.94. The number of methoxy groups -OCH3 is 1. The maximum absolute atomic E-state index is 5.68. The quantitative estimate of drug-likeness (QED) is 0.865. The highest BCUT2D eigenvalue weighted by molar-refractivity contribution is 9.10. The number of halogens is 1. The number of nitrogen functional groups attached to an aromatic ring is 1. The molecule has 1 unspecified atom stereocenters. The summed E-state index contributed by atoms with van der Waals surface area (Å²) in [6, 6.07) is 0. The summed E-state index contributed by atoms with van der Waals surface area (Å²) in [5, 5.41) is 3.20. The first-order valence-electron chi connectivity index (χ1n) is 5.30. The van der Waals surface area contributed by atoms with Gasteiger partial charge in [-0.25, -0.2) is 9.97 Å². The third-order valence-corrected chi connectivity index (χ3v) is 3.68. The number of rotatable bonds is 4. The fourth-order valence-corrected chi connectivity index (χ4v) is 2.06. The van der Waals surface area contributed by atoms with Crippen LogP contribution in [0.1, 0.15) is 6.42 Å². The van der Waals surface area contributed by atoms with Gasteiger partial charge in [0, 0.05) is 26.7 Å². The van der Waals surface area contributed by atoms with Gasteiger partial charge in [-0.1, -0.05) is 0 Å². The smallest absolute Gasteiger partial charge is 0.146 e. The molecule has 1 aliphatic rings. The molecule has 1 fully saturated rings. The number of aromatic nitrogens is 2. The molecule has 94 valence electrons. The molecule has 0 bridgehead atoms. The van der Waals surface area contributed by atoms with Crippen molar-refractivity contribution in [1.29, 1.82) is 0 Å². The molecule has 0 radical (unpaired) electrons. The van der Waals surface area contributed by atoms with Crippen LogP contribution in [0.3, 0.4) is 0 Å². The molecule has 6 nitrogen and oxygen atoms in total. The number of nitrogens with zero attached hydrogens (tertiary/aromatic N) is 2. The molecule has 0 amide bonds. The average Bonchev–Trinajstić information content (AvgIpc) is 2.81. The Hall–Kier alpha value is -0.920. The molecule has 2 heterocycles. The predicted octanol–water partition coefficient (Wildman–Crippen LogP) is 1.04. The molecule has 0 aromatic carbocycles. The van der Waals surface area contributed by atoms with Crippen LogP contribution in [0.5, 0.6) is 0 Å². The van der Waals surface area contributed by atoms with Crippen molar-refractivity contribution in [3.63, 3.8) is 0 Å². The standard InChI is InChI=1S/C10H15BrN4O2/c1-16-10(2-3-17-5-10)4-13-9-7(11)8(12)14-6-15-9/h6H,2-5H2,1H3,(H3,12,13,14,15). The molecule has 3 N–H and O–H groups in total. The second-order valence-corrected chi connectivity index (χ2v) is 4.76. The normalized spacial score (nSPS) is 23.9. The second-order valence-electron chi connectivity index (χ2n) is 3.96. The molecule has 0 saturated carbocycles. The lowest BCUT2D eigenvalue weighted by Crippen LogP contribution is -2.39. The SMILES string of the molecule is COC1(CNc2ncnc(N)c2Br)CCOC1. The van der Waals surface area contributed by atoms with Gasteiger partial charge in [-0.2, -0.15) is 0 Å². The Balaban J connectivity index is 2.04. The van der Waals surface area contributed by atoms with Crippen LogP contribution < -0.4 is 11.1 Å². The number of hydrogen-bond donors (Lipinski definition) is 2. The van der Waals surface area contributed by atoms with Gasteiger partial charge in [-0.3, -0.25) is 0 Å². The number of ether oxygens (including phenoxy) is 2. The van der Waals surface area contributed by atoms with E-state index in [1.54, 1.807) is 7.11 Å². The molecular weight excluding hydrogens is 288 g/mol. The van der Waals surface area contributed by atoms with Crippen LogP contribution in [0.4, 0.5) is 11.6 Å². The van der Waals surface area contributed by atoms with Crippen molar-refractivity contribution in [3.05, 3.63) is 10.8 Å². The first kappa shape index (κ1) is 12.5. The summed E-state index contributed by atoms with van der Waals surface area (Å²) in [6.07, 6.45) is 2.29. The third-order valence-electron chi connectivity index (χ3n) is 2.89. The number of nitrogens with one attached hydrogen (secondary N) is 1. The zero-order valence-electron chi connectivity index (χ0n) is 9.57. The van der Waals surface area contributed by atoms with Crippen molar-refractivity contribution in [1.82, 2.24) is 9.97 Å². The minimum atomic E-state index is -0.279. The van der Waals surface area contributed by atoms with Gasteiger partial charge in [-0.15, -0.1) is 0 Å². The van der Waals surface area contributed by atoms with E-state index in [0.717, 1.165) is 13.0 Å². The predicted molar refractivity (Wildman–Crippen MR) is 67.8 cm³/mol. The summed E-state index contributed by atoms with van der Waals surface area (Å²) in [4.78, 5) is 8.00. The summed E-state index contributed by atoms with van der Waals surface area (Å²) in [7, 11) is 1.69. The number of anilines is 2. The summed E-state index contributed by atoms with van der Waals surface area (Å²) in [5.41, 5.74) is 5.40. The fraction of sp³-hybridized carbons (Fsp3) is 0.600. The third kappa shape index (κ3) is 2.67. The first-order chi connectivity index (χ1) is 8.17.